The molecule has 1 aliphatic carbocycles. The monoisotopic (exact) mass is 230 g/mol. The van der Waals surface area contributed by atoms with Crippen molar-refractivity contribution in [2.45, 2.75) is 45.3 Å². The van der Waals surface area contributed by atoms with Crippen LogP contribution in [0.25, 0.3) is 0 Å². The predicted molar refractivity (Wildman–Crippen MR) is 60.5 cm³/mol. The summed E-state index contributed by atoms with van der Waals surface area (Å²) in [6, 6.07) is 0. The van der Waals surface area contributed by atoms with E-state index in [1.807, 2.05) is 6.92 Å². The molecule has 0 heterocycles. The van der Waals surface area contributed by atoms with Gasteiger partial charge in [0.15, 0.2) is 5.78 Å². The van der Waals surface area contributed by atoms with E-state index in [0.29, 0.717) is 26.2 Å². The van der Waals surface area contributed by atoms with E-state index < -0.39 is 0 Å². The Morgan fingerprint density at radius 2 is 1.81 bits per heavy atom. The van der Waals surface area contributed by atoms with Gasteiger partial charge >= 0.3 is 0 Å². The molecule has 94 valence electrons. The third kappa shape index (κ3) is 4.20. The lowest BCUT2D eigenvalue weighted by molar-refractivity contribution is -0.167. The average molecular weight is 230 g/mol. The first-order valence-electron chi connectivity index (χ1n) is 6.13. The lowest BCUT2D eigenvalue weighted by Crippen LogP contribution is -2.50. The van der Waals surface area contributed by atoms with E-state index in [9.17, 15) is 4.79 Å². The molecule has 2 unspecified atom stereocenters. The molecule has 1 saturated carbocycles. The number of carbonyl (C=O) groups is 1. The van der Waals surface area contributed by atoms with Crippen molar-refractivity contribution in [3.63, 3.8) is 0 Å². The zero-order chi connectivity index (χ0) is 11.8. The normalized spacial score (nSPS) is 24.5. The van der Waals surface area contributed by atoms with E-state index in [-0.39, 0.29) is 18.0 Å². The van der Waals surface area contributed by atoms with Crippen molar-refractivity contribution in [1.29, 1.82) is 0 Å². The third-order valence-electron chi connectivity index (χ3n) is 2.47. The molecule has 4 heteroatoms. The molecule has 0 spiro atoms. The van der Waals surface area contributed by atoms with Crippen LogP contribution in [0.3, 0.4) is 0 Å². The molecular formula is C12H22O4. The smallest absolute Gasteiger partial charge is 0.166 e. The number of Topliss-reactive ketones (excluding diaryl/α,β-unsaturated/α-hetero) is 1. The van der Waals surface area contributed by atoms with Crippen LogP contribution in [0.4, 0.5) is 0 Å². The van der Waals surface area contributed by atoms with Crippen LogP contribution in [-0.2, 0) is 19.0 Å². The van der Waals surface area contributed by atoms with Gasteiger partial charge in [0.25, 0.3) is 0 Å². The molecule has 0 aromatic heterocycles. The van der Waals surface area contributed by atoms with Crippen LogP contribution < -0.4 is 0 Å². The topological polar surface area (TPSA) is 44.8 Å². The van der Waals surface area contributed by atoms with E-state index >= 15 is 0 Å². The summed E-state index contributed by atoms with van der Waals surface area (Å²) >= 11 is 0. The number of hydrogen-bond donors (Lipinski definition) is 0. The summed E-state index contributed by atoms with van der Waals surface area (Å²) < 4.78 is 16.2. The lowest BCUT2D eigenvalue weighted by atomic mass is 9.90. The SMILES string of the molecule is CCCOCCOC1CC(=O)C1OCCC. The molecule has 1 aliphatic rings. The van der Waals surface area contributed by atoms with Crippen molar-refractivity contribution in [2.75, 3.05) is 26.4 Å². The van der Waals surface area contributed by atoms with Gasteiger partial charge in [0, 0.05) is 19.6 Å². The van der Waals surface area contributed by atoms with Gasteiger partial charge in [-0.25, -0.2) is 0 Å². The Morgan fingerprint density at radius 3 is 2.44 bits per heavy atom. The summed E-state index contributed by atoms with van der Waals surface area (Å²) in [6.45, 7) is 6.63. The van der Waals surface area contributed by atoms with Crippen molar-refractivity contribution in [1.82, 2.24) is 0 Å². The molecule has 16 heavy (non-hydrogen) atoms. The van der Waals surface area contributed by atoms with E-state index in [1.54, 1.807) is 0 Å². The van der Waals surface area contributed by atoms with E-state index in [1.165, 1.54) is 0 Å². The summed E-state index contributed by atoms with van der Waals surface area (Å²) in [4.78, 5) is 11.2. The first-order chi connectivity index (χ1) is 7.79. The average Bonchev–Trinajstić information content (AvgIpc) is 2.27. The minimum absolute atomic E-state index is 0.0516. The van der Waals surface area contributed by atoms with Gasteiger partial charge in [0.05, 0.1) is 19.3 Å². The minimum atomic E-state index is -0.328. The van der Waals surface area contributed by atoms with Crippen molar-refractivity contribution in [3.8, 4) is 0 Å². The fraction of sp³-hybridized carbons (Fsp3) is 0.917. The Morgan fingerprint density at radius 1 is 1.06 bits per heavy atom. The quantitative estimate of drug-likeness (QED) is 0.564. The van der Waals surface area contributed by atoms with E-state index in [2.05, 4.69) is 6.92 Å². The number of rotatable bonds is 9. The van der Waals surface area contributed by atoms with Gasteiger partial charge in [-0.2, -0.15) is 0 Å². The highest BCUT2D eigenvalue weighted by molar-refractivity contribution is 5.90. The molecule has 0 bridgehead atoms. The Hall–Kier alpha value is -0.450. The largest absolute Gasteiger partial charge is 0.379 e. The maximum Gasteiger partial charge on any atom is 0.166 e. The number of ether oxygens (including phenoxy) is 3. The summed E-state index contributed by atoms with van der Waals surface area (Å²) in [6.07, 6.45) is 2.05. The Balaban J connectivity index is 2.05. The summed E-state index contributed by atoms with van der Waals surface area (Å²) in [7, 11) is 0. The molecule has 4 nitrogen and oxygen atoms in total. The summed E-state index contributed by atoms with van der Waals surface area (Å²) in [5.74, 6) is 0.160. The van der Waals surface area contributed by atoms with Gasteiger partial charge in [0.1, 0.15) is 6.10 Å². The molecule has 0 N–H and O–H groups in total. The molecule has 0 saturated heterocycles. The summed E-state index contributed by atoms with van der Waals surface area (Å²) in [5, 5.41) is 0. The standard InChI is InChI=1S/C12H22O4/c1-3-5-14-7-8-15-11-9-10(13)12(11)16-6-4-2/h11-12H,3-9H2,1-2H3. The Kier molecular flexibility index (Phi) is 6.61. The molecule has 0 aliphatic heterocycles. The molecule has 0 aromatic carbocycles. The van der Waals surface area contributed by atoms with Gasteiger partial charge < -0.3 is 14.2 Å². The molecule has 0 radical (unpaired) electrons. The van der Waals surface area contributed by atoms with Gasteiger partial charge in [0.2, 0.25) is 0 Å². The Labute approximate surface area is 97.2 Å². The van der Waals surface area contributed by atoms with Gasteiger partial charge in [-0.15, -0.1) is 0 Å². The van der Waals surface area contributed by atoms with E-state index in [4.69, 9.17) is 14.2 Å². The zero-order valence-electron chi connectivity index (χ0n) is 10.2. The molecule has 0 amide bonds. The van der Waals surface area contributed by atoms with E-state index in [0.717, 1.165) is 19.4 Å². The predicted octanol–water partition coefficient (Wildman–Crippen LogP) is 1.57. The first kappa shape index (κ1) is 13.6. The fourth-order valence-electron chi connectivity index (χ4n) is 1.56. The van der Waals surface area contributed by atoms with Crippen LogP contribution in [0, 0.1) is 0 Å². The first-order valence-corrected chi connectivity index (χ1v) is 6.13. The lowest BCUT2D eigenvalue weighted by Gasteiger charge is -2.34. The molecule has 2 atom stereocenters. The van der Waals surface area contributed by atoms with Gasteiger partial charge in [-0.1, -0.05) is 13.8 Å². The van der Waals surface area contributed by atoms with Gasteiger partial charge in [-0.3, -0.25) is 4.79 Å². The van der Waals surface area contributed by atoms with Crippen LogP contribution >= 0.6 is 0 Å². The molecular weight excluding hydrogens is 208 g/mol. The highest BCUT2D eigenvalue weighted by Crippen LogP contribution is 2.22. The van der Waals surface area contributed by atoms with Crippen molar-refractivity contribution >= 4 is 5.78 Å². The van der Waals surface area contributed by atoms with Crippen molar-refractivity contribution in [3.05, 3.63) is 0 Å². The Bertz CT molecular complexity index is 205. The second-order valence-corrected chi connectivity index (χ2v) is 3.98. The van der Waals surface area contributed by atoms with Crippen LogP contribution in [0.2, 0.25) is 0 Å². The maximum absolute atomic E-state index is 11.2. The number of carbonyl (C=O) groups excluding carboxylic acids is 1. The van der Waals surface area contributed by atoms with Gasteiger partial charge in [-0.05, 0) is 12.8 Å². The fourth-order valence-corrected chi connectivity index (χ4v) is 1.56. The maximum atomic E-state index is 11.2. The highest BCUT2D eigenvalue weighted by atomic mass is 16.6. The molecule has 1 fully saturated rings. The van der Waals surface area contributed by atoms with Crippen molar-refractivity contribution in [2.24, 2.45) is 0 Å². The zero-order valence-corrected chi connectivity index (χ0v) is 10.2. The molecule has 0 aromatic rings. The van der Waals surface area contributed by atoms with Crippen LogP contribution in [0.1, 0.15) is 33.1 Å². The van der Waals surface area contributed by atoms with Crippen molar-refractivity contribution < 1.29 is 19.0 Å². The van der Waals surface area contributed by atoms with Crippen LogP contribution in [0.15, 0.2) is 0 Å². The van der Waals surface area contributed by atoms with Crippen LogP contribution in [0.5, 0.6) is 0 Å². The van der Waals surface area contributed by atoms with Crippen LogP contribution in [-0.4, -0.2) is 44.4 Å². The third-order valence-corrected chi connectivity index (χ3v) is 2.47. The second-order valence-electron chi connectivity index (χ2n) is 3.98. The second kappa shape index (κ2) is 7.76. The number of hydrogen-bond acceptors (Lipinski definition) is 4. The summed E-state index contributed by atoms with van der Waals surface area (Å²) in [5.41, 5.74) is 0. The number of ketones is 1. The minimum Gasteiger partial charge on any atom is -0.379 e. The molecule has 1 rings (SSSR count). The highest BCUT2D eigenvalue weighted by Gasteiger charge is 2.41.